The molecule has 1 aliphatic rings. The van der Waals surface area contributed by atoms with E-state index in [1.807, 2.05) is 10.8 Å². The van der Waals surface area contributed by atoms with Crippen LogP contribution >= 0.6 is 15.9 Å². The van der Waals surface area contributed by atoms with E-state index in [9.17, 15) is 4.79 Å². The molecular formula is C10H12BrNO2. The van der Waals surface area contributed by atoms with Crippen molar-refractivity contribution in [3.8, 4) is 0 Å². The Balaban J connectivity index is 2.35. The molecule has 14 heavy (non-hydrogen) atoms. The van der Waals surface area contributed by atoms with Gasteiger partial charge in [-0.25, -0.2) is 4.79 Å². The van der Waals surface area contributed by atoms with Gasteiger partial charge in [0.1, 0.15) is 5.69 Å². The van der Waals surface area contributed by atoms with E-state index in [0.717, 1.165) is 17.3 Å². The highest BCUT2D eigenvalue weighted by molar-refractivity contribution is 9.10. The summed E-state index contributed by atoms with van der Waals surface area (Å²) in [4.78, 5) is 11.0. The average molecular weight is 258 g/mol. The van der Waals surface area contributed by atoms with Crippen molar-refractivity contribution in [2.45, 2.75) is 31.7 Å². The molecule has 1 heterocycles. The van der Waals surface area contributed by atoms with Crippen LogP contribution < -0.4 is 0 Å². The van der Waals surface area contributed by atoms with E-state index in [1.54, 1.807) is 6.07 Å². The second kappa shape index (κ2) is 3.77. The number of halogens is 1. The Morgan fingerprint density at radius 1 is 1.50 bits per heavy atom. The number of hydrogen-bond acceptors (Lipinski definition) is 1. The zero-order valence-electron chi connectivity index (χ0n) is 7.74. The van der Waals surface area contributed by atoms with E-state index in [-0.39, 0.29) is 0 Å². The zero-order valence-corrected chi connectivity index (χ0v) is 9.33. The van der Waals surface area contributed by atoms with Crippen LogP contribution in [0.5, 0.6) is 0 Å². The van der Waals surface area contributed by atoms with Crippen molar-refractivity contribution in [3.63, 3.8) is 0 Å². The Morgan fingerprint density at radius 2 is 2.14 bits per heavy atom. The summed E-state index contributed by atoms with van der Waals surface area (Å²) >= 11 is 3.31. The molecule has 3 nitrogen and oxygen atoms in total. The van der Waals surface area contributed by atoms with Crippen LogP contribution in [0.15, 0.2) is 16.7 Å². The Hall–Kier alpha value is -0.770. The molecule has 0 aliphatic heterocycles. The molecule has 0 saturated heterocycles. The SMILES string of the molecule is O=C(O)c1cc(Br)cn1C1CCCC1. The first-order valence-corrected chi connectivity index (χ1v) is 5.58. The van der Waals surface area contributed by atoms with Crippen LogP contribution in [-0.2, 0) is 0 Å². The molecule has 1 aliphatic carbocycles. The van der Waals surface area contributed by atoms with Gasteiger partial charge in [0.15, 0.2) is 0 Å². The Bertz CT molecular complexity index is 353. The highest BCUT2D eigenvalue weighted by Crippen LogP contribution is 2.32. The summed E-state index contributed by atoms with van der Waals surface area (Å²) in [6.45, 7) is 0. The number of hydrogen-bond donors (Lipinski definition) is 1. The number of carboxylic acids is 1. The number of aromatic nitrogens is 1. The summed E-state index contributed by atoms with van der Waals surface area (Å²) < 4.78 is 2.74. The van der Waals surface area contributed by atoms with Gasteiger partial charge in [0.05, 0.1) is 0 Å². The van der Waals surface area contributed by atoms with E-state index in [4.69, 9.17) is 5.11 Å². The molecule has 1 saturated carbocycles. The maximum Gasteiger partial charge on any atom is 0.352 e. The number of aromatic carboxylic acids is 1. The van der Waals surface area contributed by atoms with E-state index >= 15 is 0 Å². The molecule has 0 radical (unpaired) electrons. The van der Waals surface area contributed by atoms with Crippen molar-refractivity contribution in [2.75, 3.05) is 0 Å². The lowest BCUT2D eigenvalue weighted by Crippen LogP contribution is -2.11. The predicted molar refractivity (Wildman–Crippen MR) is 56.6 cm³/mol. The maximum atomic E-state index is 11.0. The maximum absolute atomic E-state index is 11.0. The van der Waals surface area contributed by atoms with Gasteiger partial charge < -0.3 is 9.67 Å². The second-order valence-corrected chi connectivity index (χ2v) is 4.61. The third-order valence-corrected chi connectivity index (χ3v) is 3.19. The highest BCUT2D eigenvalue weighted by Gasteiger charge is 2.21. The molecule has 1 aromatic rings. The lowest BCUT2D eigenvalue weighted by molar-refractivity contribution is 0.0682. The molecule has 4 heteroatoms. The van der Waals surface area contributed by atoms with Crippen LogP contribution in [0.1, 0.15) is 42.2 Å². The minimum absolute atomic E-state index is 0.382. The predicted octanol–water partition coefficient (Wildman–Crippen LogP) is 3.06. The topological polar surface area (TPSA) is 42.2 Å². The minimum atomic E-state index is -0.845. The number of carbonyl (C=O) groups is 1. The van der Waals surface area contributed by atoms with Crippen LogP contribution in [0.25, 0.3) is 0 Å². The van der Waals surface area contributed by atoms with Gasteiger partial charge in [0.25, 0.3) is 0 Å². The minimum Gasteiger partial charge on any atom is -0.477 e. The van der Waals surface area contributed by atoms with Crippen LogP contribution in [0.2, 0.25) is 0 Å². The summed E-state index contributed by atoms with van der Waals surface area (Å²) in [7, 11) is 0. The van der Waals surface area contributed by atoms with Crippen LogP contribution in [-0.4, -0.2) is 15.6 Å². The molecule has 1 fully saturated rings. The normalized spacial score (nSPS) is 17.5. The molecule has 0 amide bonds. The summed E-state index contributed by atoms with van der Waals surface area (Å²) in [6.07, 6.45) is 6.49. The summed E-state index contributed by atoms with van der Waals surface area (Å²) in [5.41, 5.74) is 0.392. The first-order valence-electron chi connectivity index (χ1n) is 4.79. The lowest BCUT2D eigenvalue weighted by Gasteiger charge is -2.13. The number of nitrogens with zero attached hydrogens (tertiary/aromatic N) is 1. The Morgan fingerprint density at radius 3 is 2.71 bits per heavy atom. The fourth-order valence-corrected chi connectivity index (χ4v) is 2.54. The lowest BCUT2D eigenvalue weighted by atomic mass is 10.2. The molecule has 0 unspecified atom stereocenters. The molecule has 0 aromatic carbocycles. The van der Waals surface area contributed by atoms with Gasteiger partial charge in [-0.2, -0.15) is 0 Å². The largest absolute Gasteiger partial charge is 0.477 e. The van der Waals surface area contributed by atoms with Gasteiger partial charge in [-0.05, 0) is 34.8 Å². The van der Waals surface area contributed by atoms with Gasteiger partial charge >= 0.3 is 5.97 Å². The van der Waals surface area contributed by atoms with Crippen LogP contribution in [0.4, 0.5) is 0 Å². The third-order valence-electron chi connectivity index (χ3n) is 2.75. The summed E-state index contributed by atoms with van der Waals surface area (Å²) in [5, 5.41) is 9.00. The van der Waals surface area contributed by atoms with Crippen molar-refractivity contribution in [3.05, 3.63) is 22.4 Å². The van der Waals surface area contributed by atoms with Crippen molar-refractivity contribution in [2.24, 2.45) is 0 Å². The van der Waals surface area contributed by atoms with E-state index in [1.165, 1.54) is 12.8 Å². The van der Waals surface area contributed by atoms with E-state index in [0.29, 0.717) is 11.7 Å². The summed E-state index contributed by atoms with van der Waals surface area (Å²) in [6, 6.07) is 2.05. The molecule has 76 valence electrons. The highest BCUT2D eigenvalue weighted by atomic mass is 79.9. The van der Waals surface area contributed by atoms with Crippen molar-refractivity contribution in [1.29, 1.82) is 0 Å². The first kappa shape index (κ1) is 9.77. The standard InChI is InChI=1S/C10H12BrNO2/c11-7-5-9(10(13)14)12(6-7)8-3-1-2-4-8/h5-6,8H,1-4H2,(H,13,14). The Kier molecular flexibility index (Phi) is 2.63. The van der Waals surface area contributed by atoms with Gasteiger partial charge in [-0.3, -0.25) is 0 Å². The number of carboxylic acid groups (broad SMARTS) is 1. The van der Waals surface area contributed by atoms with Gasteiger partial charge in [0.2, 0.25) is 0 Å². The fraction of sp³-hybridized carbons (Fsp3) is 0.500. The number of rotatable bonds is 2. The quantitative estimate of drug-likeness (QED) is 0.885. The van der Waals surface area contributed by atoms with Gasteiger partial charge in [-0.15, -0.1) is 0 Å². The fourth-order valence-electron chi connectivity index (χ4n) is 2.10. The molecule has 0 atom stereocenters. The molecule has 1 aromatic heterocycles. The average Bonchev–Trinajstić information content (AvgIpc) is 2.70. The first-order chi connectivity index (χ1) is 6.68. The third kappa shape index (κ3) is 1.71. The summed E-state index contributed by atoms with van der Waals surface area (Å²) in [5.74, 6) is -0.845. The van der Waals surface area contributed by atoms with E-state index in [2.05, 4.69) is 15.9 Å². The van der Waals surface area contributed by atoms with Crippen molar-refractivity contribution < 1.29 is 9.90 Å². The van der Waals surface area contributed by atoms with Gasteiger partial charge in [0, 0.05) is 16.7 Å². The Labute approximate surface area is 90.9 Å². The smallest absolute Gasteiger partial charge is 0.352 e. The van der Waals surface area contributed by atoms with E-state index < -0.39 is 5.97 Å². The van der Waals surface area contributed by atoms with Crippen LogP contribution in [0, 0.1) is 0 Å². The van der Waals surface area contributed by atoms with Gasteiger partial charge in [-0.1, -0.05) is 12.8 Å². The molecule has 0 spiro atoms. The monoisotopic (exact) mass is 257 g/mol. The second-order valence-electron chi connectivity index (χ2n) is 3.69. The molecule has 0 bridgehead atoms. The van der Waals surface area contributed by atoms with Crippen LogP contribution in [0.3, 0.4) is 0 Å². The molecular weight excluding hydrogens is 246 g/mol. The molecule has 2 rings (SSSR count). The van der Waals surface area contributed by atoms with Crippen molar-refractivity contribution in [1.82, 2.24) is 4.57 Å². The molecule has 1 N–H and O–H groups in total. The van der Waals surface area contributed by atoms with Crippen molar-refractivity contribution >= 4 is 21.9 Å². The zero-order chi connectivity index (χ0) is 10.1.